The van der Waals surface area contributed by atoms with E-state index in [0.717, 1.165) is 5.56 Å². The topological polar surface area (TPSA) is 57.6 Å². The second-order valence-electron chi connectivity index (χ2n) is 5.57. The smallest absolute Gasteiger partial charge is 0.295 e. The largest absolute Gasteiger partial charge is 0.306 e. The van der Waals surface area contributed by atoms with Crippen LogP contribution < -0.4 is 0 Å². The van der Waals surface area contributed by atoms with Gasteiger partial charge in [0, 0.05) is 0 Å². The molecule has 1 heterocycles. The molecule has 1 aliphatic heterocycles. The van der Waals surface area contributed by atoms with Gasteiger partial charge < -0.3 is 4.90 Å². The predicted octanol–water partition coefficient (Wildman–Crippen LogP) is 2.96. The molecule has 0 saturated carbocycles. The molecule has 0 amide bonds. The third-order valence-corrected chi connectivity index (χ3v) is 4.60. The number of likely N-dealkylation sites (tertiary alicyclic amines) is 1. The van der Waals surface area contributed by atoms with Crippen molar-refractivity contribution in [3.63, 3.8) is 0 Å². The van der Waals surface area contributed by atoms with Crippen LogP contribution in [0.25, 0.3) is 0 Å². The lowest BCUT2D eigenvalue weighted by atomic mass is 10.1. The molecular formula is C15H25NO3S. The molecule has 1 aliphatic rings. The fourth-order valence-electron chi connectivity index (χ4n) is 2.63. The minimum Gasteiger partial charge on any atom is -0.306 e. The third-order valence-electron chi connectivity index (χ3n) is 3.44. The van der Waals surface area contributed by atoms with Crippen LogP contribution in [0.1, 0.15) is 36.0 Å². The van der Waals surface area contributed by atoms with Gasteiger partial charge in [-0.3, -0.25) is 4.55 Å². The summed E-state index contributed by atoms with van der Waals surface area (Å²) < 4.78 is 30.8. The van der Waals surface area contributed by atoms with E-state index in [1.807, 2.05) is 6.92 Å². The summed E-state index contributed by atoms with van der Waals surface area (Å²) in [5.41, 5.74) is 2.16. The highest BCUT2D eigenvalue weighted by molar-refractivity contribution is 7.86. The summed E-state index contributed by atoms with van der Waals surface area (Å²) in [6, 6.07) is 3.46. The molecule has 0 spiro atoms. The van der Waals surface area contributed by atoms with Crippen molar-refractivity contribution in [3.05, 3.63) is 28.8 Å². The van der Waals surface area contributed by atoms with Crippen LogP contribution in [-0.2, 0) is 10.1 Å². The monoisotopic (exact) mass is 299 g/mol. The van der Waals surface area contributed by atoms with Gasteiger partial charge in [-0.2, -0.15) is 8.42 Å². The molecule has 5 heteroatoms. The van der Waals surface area contributed by atoms with Crippen molar-refractivity contribution in [2.24, 2.45) is 0 Å². The molecule has 1 fully saturated rings. The quantitative estimate of drug-likeness (QED) is 0.810. The minimum atomic E-state index is -4.08. The summed E-state index contributed by atoms with van der Waals surface area (Å²) in [6.07, 6.45) is 4.28. The molecule has 0 atom stereocenters. The molecule has 1 aromatic carbocycles. The molecule has 0 unspecified atom stereocenters. The van der Waals surface area contributed by atoms with Gasteiger partial charge in [0.05, 0.1) is 4.90 Å². The van der Waals surface area contributed by atoms with E-state index in [2.05, 4.69) is 11.9 Å². The van der Waals surface area contributed by atoms with Crippen molar-refractivity contribution in [1.29, 1.82) is 0 Å². The molecular weight excluding hydrogens is 274 g/mol. The summed E-state index contributed by atoms with van der Waals surface area (Å²) in [5, 5.41) is 0. The van der Waals surface area contributed by atoms with Crippen molar-refractivity contribution in [1.82, 2.24) is 4.90 Å². The molecule has 20 heavy (non-hydrogen) atoms. The first-order chi connectivity index (χ1) is 9.21. The molecule has 4 nitrogen and oxygen atoms in total. The maximum Gasteiger partial charge on any atom is 0.295 e. The number of nitrogens with zero attached hydrogens (tertiary/aromatic N) is 1. The Balaban J connectivity index is 0.000000240. The van der Waals surface area contributed by atoms with E-state index in [9.17, 15) is 8.42 Å². The fourth-order valence-corrected chi connectivity index (χ4v) is 3.56. The summed E-state index contributed by atoms with van der Waals surface area (Å²) in [4.78, 5) is 2.42. The Kier molecular flexibility index (Phi) is 6.17. The first-order valence-corrected chi connectivity index (χ1v) is 8.39. The maximum absolute atomic E-state index is 10.9. The number of hydrogen-bond acceptors (Lipinski definition) is 3. The van der Waals surface area contributed by atoms with Crippen LogP contribution in [0.15, 0.2) is 17.0 Å². The number of benzene rings is 1. The van der Waals surface area contributed by atoms with Crippen molar-refractivity contribution >= 4 is 10.1 Å². The van der Waals surface area contributed by atoms with Gasteiger partial charge in [0.25, 0.3) is 10.1 Å². The third kappa shape index (κ3) is 5.23. The molecule has 0 radical (unpaired) electrons. The lowest BCUT2D eigenvalue weighted by molar-refractivity contribution is 0.277. The molecule has 0 bridgehead atoms. The Morgan fingerprint density at radius 2 is 1.45 bits per heavy atom. The lowest BCUT2D eigenvalue weighted by Crippen LogP contribution is -2.24. The molecule has 1 aromatic rings. The number of piperidine rings is 1. The van der Waals surface area contributed by atoms with Crippen molar-refractivity contribution in [2.75, 3.05) is 20.1 Å². The average Bonchev–Trinajstić information content (AvgIpc) is 2.27. The second kappa shape index (κ2) is 7.20. The van der Waals surface area contributed by atoms with Crippen molar-refractivity contribution in [3.8, 4) is 0 Å². The summed E-state index contributed by atoms with van der Waals surface area (Å²) in [5.74, 6) is 0. The second-order valence-corrected chi connectivity index (χ2v) is 6.93. The zero-order chi connectivity index (χ0) is 15.3. The molecule has 0 aromatic heterocycles. The summed E-state index contributed by atoms with van der Waals surface area (Å²) >= 11 is 0. The molecule has 114 valence electrons. The van der Waals surface area contributed by atoms with Gasteiger partial charge in [0.15, 0.2) is 0 Å². The lowest BCUT2D eigenvalue weighted by Gasteiger charge is -2.20. The van der Waals surface area contributed by atoms with Crippen molar-refractivity contribution in [2.45, 2.75) is 44.9 Å². The van der Waals surface area contributed by atoms with Gasteiger partial charge in [-0.05, 0) is 64.9 Å². The zero-order valence-electron chi connectivity index (χ0n) is 12.8. The highest BCUT2D eigenvalue weighted by Crippen LogP contribution is 2.20. The van der Waals surface area contributed by atoms with Crippen LogP contribution >= 0.6 is 0 Å². The van der Waals surface area contributed by atoms with Crippen LogP contribution in [0.2, 0.25) is 0 Å². The SMILES string of the molecule is CN1CCCCC1.Cc1cc(C)c(S(=O)(=O)O)c(C)c1. The van der Waals surface area contributed by atoms with Gasteiger partial charge in [-0.1, -0.05) is 24.1 Å². The van der Waals surface area contributed by atoms with Crippen LogP contribution in [0.3, 0.4) is 0 Å². The highest BCUT2D eigenvalue weighted by atomic mass is 32.2. The van der Waals surface area contributed by atoms with Crippen LogP contribution in [0.4, 0.5) is 0 Å². The van der Waals surface area contributed by atoms with E-state index < -0.39 is 10.1 Å². The Hall–Kier alpha value is -0.910. The zero-order valence-corrected chi connectivity index (χ0v) is 13.6. The number of hydrogen-bond donors (Lipinski definition) is 1. The first-order valence-electron chi connectivity index (χ1n) is 6.95. The normalized spacial score (nSPS) is 16.4. The summed E-state index contributed by atoms with van der Waals surface area (Å²) in [7, 11) is -1.89. The minimum absolute atomic E-state index is 0.0260. The maximum atomic E-state index is 10.9. The van der Waals surface area contributed by atoms with Crippen LogP contribution in [0.5, 0.6) is 0 Å². The van der Waals surface area contributed by atoms with Gasteiger partial charge >= 0.3 is 0 Å². The van der Waals surface area contributed by atoms with E-state index in [0.29, 0.717) is 11.1 Å². The van der Waals surface area contributed by atoms with E-state index in [-0.39, 0.29) is 4.90 Å². The van der Waals surface area contributed by atoms with Gasteiger partial charge in [0.1, 0.15) is 0 Å². The molecule has 2 rings (SSSR count). The number of aryl methyl sites for hydroxylation is 3. The van der Waals surface area contributed by atoms with Gasteiger partial charge in [0.2, 0.25) is 0 Å². The predicted molar refractivity (Wildman–Crippen MR) is 81.8 cm³/mol. The van der Waals surface area contributed by atoms with E-state index in [4.69, 9.17) is 4.55 Å². The Morgan fingerprint density at radius 1 is 1.00 bits per heavy atom. The molecule has 1 N–H and O–H groups in total. The van der Waals surface area contributed by atoms with Gasteiger partial charge in [-0.25, -0.2) is 0 Å². The number of rotatable bonds is 1. The highest BCUT2D eigenvalue weighted by Gasteiger charge is 2.15. The first kappa shape index (κ1) is 17.1. The molecule has 0 aliphatic carbocycles. The van der Waals surface area contributed by atoms with Crippen molar-refractivity contribution < 1.29 is 13.0 Å². The molecule has 1 saturated heterocycles. The Bertz CT molecular complexity index is 523. The van der Waals surface area contributed by atoms with E-state index in [1.165, 1.54) is 32.4 Å². The Labute approximate surface area is 122 Å². The van der Waals surface area contributed by atoms with Crippen LogP contribution in [-0.4, -0.2) is 38.0 Å². The fraction of sp³-hybridized carbons (Fsp3) is 0.600. The standard InChI is InChI=1S/C9H12O3S.C6H13N/c1-6-4-7(2)9(8(3)5-6)13(10,11)12;1-7-5-3-2-4-6-7/h4-5H,1-3H3,(H,10,11,12);2-6H2,1H3. The average molecular weight is 299 g/mol. The van der Waals surface area contributed by atoms with E-state index >= 15 is 0 Å². The van der Waals surface area contributed by atoms with Crippen LogP contribution in [0, 0.1) is 20.8 Å². The Morgan fingerprint density at radius 3 is 1.75 bits per heavy atom. The summed E-state index contributed by atoms with van der Waals surface area (Å²) in [6.45, 7) is 7.86. The van der Waals surface area contributed by atoms with E-state index in [1.54, 1.807) is 26.0 Å². The van der Waals surface area contributed by atoms with Gasteiger partial charge in [-0.15, -0.1) is 0 Å².